The number of thiophene rings is 1. The van der Waals surface area contributed by atoms with Gasteiger partial charge in [-0.1, -0.05) is 12.1 Å². The number of benzene rings is 1. The first-order valence-corrected chi connectivity index (χ1v) is 7.01. The number of nitrogen functional groups attached to an aromatic ring is 1. The molecule has 0 saturated carbocycles. The molecule has 4 heteroatoms. The van der Waals surface area contributed by atoms with E-state index < -0.39 is 0 Å². The van der Waals surface area contributed by atoms with Crippen molar-refractivity contribution in [1.82, 2.24) is 4.90 Å². The summed E-state index contributed by atoms with van der Waals surface area (Å²) in [7, 11) is 4.18. The summed E-state index contributed by atoms with van der Waals surface area (Å²) < 4.78 is 1.14. The normalized spacial score (nSPS) is 12.9. The predicted octanol–water partition coefficient (Wildman–Crippen LogP) is 3.74. The number of halogens is 1. The number of hydrogen-bond acceptors (Lipinski definition) is 3. The van der Waals surface area contributed by atoms with Gasteiger partial charge in [-0.15, -0.1) is 11.3 Å². The number of nitrogens with two attached hydrogens (primary N) is 1. The van der Waals surface area contributed by atoms with E-state index in [0.29, 0.717) is 0 Å². The first-order chi connectivity index (χ1) is 8.08. The first kappa shape index (κ1) is 12.6. The fourth-order valence-corrected chi connectivity index (χ4v) is 3.53. The van der Waals surface area contributed by atoms with E-state index in [0.717, 1.165) is 10.2 Å². The van der Waals surface area contributed by atoms with Crippen LogP contribution in [0.4, 0.5) is 5.69 Å². The van der Waals surface area contributed by atoms with Crippen molar-refractivity contribution in [3.63, 3.8) is 0 Å². The lowest BCUT2D eigenvalue weighted by Gasteiger charge is -2.23. The summed E-state index contributed by atoms with van der Waals surface area (Å²) in [5.41, 5.74) is 7.79. The van der Waals surface area contributed by atoms with Crippen LogP contribution in [-0.4, -0.2) is 19.0 Å². The lowest BCUT2D eigenvalue weighted by Crippen LogP contribution is -2.20. The smallest absolute Gasteiger partial charge is 0.0691 e. The molecule has 1 aromatic carbocycles. The summed E-state index contributed by atoms with van der Waals surface area (Å²) in [5, 5.41) is 2.11. The summed E-state index contributed by atoms with van der Waals surface area (Å²) in [6.45, 7) is 0. The average Bonchev–Trinajstić information content (AvgIpc) is 2.68. The maximum atomic E-state index is 5.73. The Labute approximate surface area is 114 Å². The molecule has 1 aromatic heterocycles. The Hall–Kier alpha value is -0.840. The third-order valence-electron chi connectivity index (χ3n) is 2.63. The van der Waals surface area contributed by atoms with Crippen LogP contribution < -0.4 is 5.73 Å². The lowest BCUT2D eigenvalue weighted by atomic mass is 10.0. The Kier molecular flexibility index (Phi) is 3.86. The van der Waals surface area contributed by atoms with E-state index in [1.165, 1.54) is 10.4 Å². The van der Waals surface area contributed by atoms with Crippen molar-refractivity contribution >= 4 is 33.0 Å². The average molecular weight is 311 g/mol. The minimum absolute atomic E-state index is 0.284. The molecule has 0 aliphatic carbocycles. The van der Waals surface area contributed by atoms with Gasteiger partial charge in [0.2, 0.25) is 0 Å². The quantitative estimate of drug-likeness (QED) is 0.875. The second kappa shape index (κ2) is 5.21. The fourth-order valence-electron chi connectivity index (χ4n) is 1.87. The Morgan fingerprint density at radius 3 is 2.35 bits per heavy atom. The molecule has 2 aromatic rings. The zero-order valence-electron chi connectivity index (χ0n) is 9.85. The van der Waals surface area contributed by atoms with Crippen LogP contribution in [0.1, 0.15) is 16.5 Å². The molecule has 1 heterocycles. The molecule has 0 fully saturated rings. The molecule has 0 bridgehead atoms. The van der Waals surface area contributed by atoms with E-state index in [2.05, 4.69) is 58.5 Å². The Bertz CT molecular complexity index is 490. The van der Waals surface area contributed by atoms with Gasteiger partial charge in [-0.25, -0.2) is 0 Å². The molecule has 1 atom stereocenters. The molecule has 2 N–H and O–H groups in total. The van der Waals surface area contributed by atoms with E-state index in [-0.39, 0.29) is 6.04 Å². The van der Waals surface area contributed by atoms with Crippen molar-refractivity contribution in [2.75, 3.05) is 19.8 Å². The molecule has 2 nitrogen and oxygen atoms in total. The van der Waals surface area contributed by atoms with Crippen molar-refractivity contribution in [2.45, 2.75) is 6.04 Å². The summed E-state index contributed by atoms with van der Waals surface area (Å²) in [4.78, 5) is 3.54. The Morgan fingerprint density at radius 2 is 1.88 bits per heavy atom. The van der Waals surface area contributed by atoms with Gasteiger partial charge in [0.05, 0.1) is 6.04 Å². The van der Waals surface area contributed by atoms with E-state index in [9.17, 15) is 0 Å². The molecule has 17 heavy (non-hydrogen) atoms. The third-order valence-corrected chi connectivity index (χ3v) is 4.37. The van der Waals surface area contributed by atoms with E-state index in [1.54, 1.807) is 11.3 Å². The van der Waals surface area contributed by atoms with Crippen LogP contribution in [-0.2, 0) is 0 Å². The van der Waals surface area contributed by atoms with Gasteiger partial charge in [0.1, 0.15) is 0 Å². The van der Waals surface area contributed by atoms with Crippen LogP contribution in [0.5, 0.6) is 0 Å². The Balaban J connectivity index is 2.39. The number of hydrogen-bond donors (Lipinski definition) is 1. The molecule has 0 spiro atoms. The molecular weight excluding hydrogens is 296 g/mol. The van der Waals surface area contributed by atoms with E-state index in [1.807, 2.05) is 12.1 Å². The van der Waals surface area contributed by atoms with Gasteiger partial charge < -0.3 is 5.73 Å². The van der Waals surface area contributed by atoms with Gasteiger partial charge in [-0.3, -0.25) is 4.90 Å². The van der Waals surface area contributed by atoms with Crippen LogP contribution in [0.15, 0.2) is 40.2 Å². The first-order valence-electron chi connectivity index (χ1n) is 5.33. The highest BCUT2D eigenvalue weighted by atomic mass is 79.9. The van der Waals surface area contributed by atoms with Crippen molar-refractivity contribution < 1.29 is 0 Å². The van der Waals surface area contributed by atoms with Gasteiger partial charge in [0.25, 0.3) is 0 Å². The highest BCUT2D eigenvalue weighted by Crippen LogP contribution is 2.33. The van der Waals surface area contributed by atoms with Crippen molar-refractivity contribution in [3.8, 4) is 0 Å². The van der Waals surface area contributed by atoms with Crippen LogP contribution in [0.2, 0.25) is 0 Å². The van der Waals surface area contributed by atoms with Gasteiger partial charge in [-0.2, -0.15) is 0 Å². The van der Waals surface area contributed by atoms with Crippen LogP contribution in [0, 0.1) is 0 Å². The minimum Gasteiger partial charge on any atom is -0.399 e. The summed E-state index contributed by atoms with van der Waals surface area (Å²) in [6, 6.07) is 10.5. The molecule has 0 saturated heterocycles. The topological polar surface area (TPSA) is 29.3 Å². The highest BCUT2D eigenvalue weighted by Gasteiger charge is 2.18. The largest absolute Gasteiger partial charge is 0.399 e. The Morgan fingerprint density at radius 1 is 1.24 bits per heavy atom. The molecule has 90 valence electrons. The zero-order chi connectivity index (χ0) is 12.4. The van der Waals surface area contributed by atoms with Crippen molar-refractivity contribution in [3.05, 3.63) is 50.6 Å². The maximum Gasteiger partial charge on any atom is 0.0691 e. The van der Waals surface area contributed by atoms with Gasteiger partial charge in [0.15, 0.2) is 0 Å². The van der Waals surface area contributed by atoms with Crippen LogP contribution >= 0.6 is 27.3 Å². The lowest BCUT2D eigenvalue weighted by molar-refractivity contribution is 0.346. The minimum atomic E-state index is 0.284. The fraction of sp³-hybridized carbons (Fsp3) is 0.231. The van der Waals surface area contributed by atoms with Gasteiger partial charge in [-0.05, 0) is 53.8 Å². The van der Waals surface area contributed by atoms with E-state index in [4.69, 9.17) is 5.73 Å². The second-order valence-electron chi connectivity index (χ2n) is 4.20. The molecule has 0 radical (unpaired) electrons. The third kappa shape index (κ3) is 2.89. The summed E-state index contributed by atoms with van der Waals surface area (Å²) in [6.07, 6.45) is 0. The molecular formula is C13H15BrN2S. The monoisotopic (exact) mass is 310 g/mol. The molecule has 1 unspecified atom stereocenters. The predicted molar refractivity (Wildman–Crippen MR) is 78.4 cm³/mol. The molecule has 2 rings (SSSR count). The number of rotatable bonds is 3. The van der Waals surface area contributed by atoms with Crippen molar-refractivity contribution in [1.29, 1.82) is 0 Å². The highest BCUT2D eigenvalue weighted by molar-refractivity contribution is 9.10. The number of anilines is 1. The summed E-state index contributed by atoms with van der Waals surface area (Å²) >= 11 is 5.27. The van der Waals surface area contributed by atoms with Crippen LogP contribution in [0.3, 0.4) is 0 Å². The molecule has 0 aliphatic rings. The number of nitrogens with zero attached hydrogens (tertiary/aromatic N) is 1. The standard InChI is InChI=1S/C13H15BrN2S/c1-16(2)13(12-7-10(14)8-17-12)9-3-5-11(15)6-4-9/h3-8,13H,15H2,1-2H3. The molecule has 0 aliphatic heterocycles. The molecule has 0 amide bonds. The van der Waals surface area contributed by atoms with Gasteiger partial charge >= 0.3 is 0 Å². The second-order valence-corrected chi connectivity index (χ2v) is 6.06. The zero-order valence-corrected chi connectivity index (χ0v) is 12.3. The van der Waals surface area contributed by atoms with Crippen LogP contribution in [0.25, 0.3) is 0 Å². The maximum absolute atomic E-state index is 5.73. The summed E-state index contributed by atoms with van der Waals surface area (Å²) in [5.74, 6) is 0. The van der Waals surface area contributed by atoms with Crippen molar-refractivity contribution in [2.24, 2.45) is 0 Å². The van der Waals surface area contributed by atoms with Gasteiger partial charge in [0, 0.05) is 20.4 Å². The van der Waals surface area contributed by atoms with E-state index >= 15 is 0 Å². The SMILES string of the molecule is CN(C)C(c1ccc(N)cc1)c1cc(Br)cs1.